The predicted octanol–water partition coefficient (Wildman–Crippen LogP) is 6.38. The average molecular weight is 610 g/mol. The summed E-state index contributed by atoms with van der Waals surface area (Å²) in [5.74, 6) is -0.359. The van der Waals surface area contributed by atoms with Crippen LogP contribution in [0.2, 0.25) is 0 Å². The minimum Gasteiger partial charge on any atom is -0.507 e. The first kappa shape index (κ1) is 25.9. The van der Waals surface area contributed by atoms with Crippen molar-refractivity contribution in [3.8, 4) is 17.2 Å². The number of methoxy groups -OCH3 is 1. The molecular formula is C24H21Br2NO6P+. The summed E-state index contributed by atoms with van der Waals surface area (Å²) in [6, 6.07) is 14.7. The highest BCUT2D eigenvalue weighted by atomic mass is 79.9. The van der Waals surface area contributed by atoms with Crippen LogP contribution in [0.15, 0.2) is 63.5 Å². The number of hydrogen-bond acceptors (Lipinski definition) is 6. The van der Waals surface area contributed by atoms with E-state index >= 15 is 0 Å². The number of halogens is 2. The van der Waals surface area contributed by atoms with Crippen LogP contribution >= 0.6 is 39.7 Å². The molecule has 1 unspecified atom stereocenters. The lowest BCUT2D eigenvalue weighted by Gasteiger charge is -2.13. The van der Waals surface area contributed by atoms with E-state index < -0.39 is 19.7 Å². The number of amides is 1. The molecule has 0 aliphatic rings. The number of phenolic OH excluding ortho intramolecular Hbond substituents is 1. The molecule has 0 aliphatic carbocycles. The molecule has 10 heteroatoms. The smallest absolute Gasteiger partial charge is 0.340 e. The van der Waals surface area contributed by atoms with E-state index in [0.29, 0.717) is 37.7 Å². The van der Waals surface area contributed by atoms with Gasteiger partial charge in [0.25, 0.3) is 5.91 Å². The maximum absolute atomic E-state index is 12.7. The molecule has 1 amide bonds. The van der Waals surface area contributed by atoms with E-state index in [2.05, 4.69) is 37.2 Å². The lowest BCUT2D eigenvalue weighted by molar-refractivity contribution is 0.0600. The van der Waals surface area contributed by atoms with Crippen molar-refractivity contribution in [1.29, 1.82) is 0 Å². The van der Waals surface area contributed by atoms with Gasteiger partial charge in [-0.1, -0.05) is 16.7 Å². The SMILES string of the molecule is COC(=O)c1cccc(CNC(=O)c2cc(Oc3c(Br)cc(C[P+](C)=O)cc3Br)ccc2O)c1. The van der Waals surface area contributed by atoms with E-state index in [4.69, 9.17) is 9.47 Å². The molecule has 1 atom stereocenters. The summed E-state index contributed by atoms with van der Waals surface area (Å²) in [6.07, 6.45) is 0.443. The molecule has 34 heavy (non-hydrogen) atoms. The zero-order valence-corrected chi connectivity index (χ0v) is 22.4. The van der Waals surface area contributed by atoms with Crippen LogP contribution in [-0.2, 0) is 22.0 Å². The van der Waals surface area contributed by atoms with Gasteiger partial charge in [-0.15, -0.1) is 0 Å². The van der Waals surface area contributed by atoms with Crippen LogP contribution < -0.4 is 10.1 Å². The van der Waals surface area contributed by atoms with Gasteiger partial charge in [0, 0.05) is 12.1 Å². The molecule has 0 aromatic heterocycles. The van der Waals surface area contributed by atoms with Crippen molar-refractivity contribution in [3.05, 3.63) is 85.8 Å². The van der Waals surface area contributed by atoms with E-state index in [1.807, 2.05) is 12.1 Å². The van der Waals surface area contributed by atoms with Crippen LogP contribution in [0, 0.1) is 0 Å². The number of esters is 1. The fourth-order valence-electron chi connectivity index (χ4n) is 3.14. The van der Waals surface area contributed by atoms with Crippen molar-refractivity contribution in [2.75, 3.05) is 13.8 Å². The number of aromatic hydroxyl groups is 1. The van der Waals surface area contributed by atoms with Crippen LogP contribution in [0.3, 0.4) is 0 Å². The number of nitrogens with one attached hydrogen (secondary N) is 1. The van der Waals surface area contributed by atoms with E-state index in [0.717, 1.165) is 5.56 Å². The Morgan fingerprint density at radius 1 is 1.03 bits per heavy atom. The summed E-state index contributed by atoms with van der Waals surface area (Å²) in [4.78, 5) is 24.4. The summed E-state index contributed by atoms with van der Waals surface area (Å²) in [7, 11) is -0.0297. The lowest BCUT2D eigenvalue weighted by Crippen LogP contribution is -2.23. The van der Waals surface area contributed by atoms with E-state index in [1.54, 1.807) is 37.0 Å². The predicted molar refractivity (Wildman–Crippen MR) is 136 cm³/mol. The zero-order valence-electron chi connectivity index (χ0n) is 18.3. The van der Waals surface area contributed by atoms with Crippen molar-refractivity contribution in [2.24, 2.45) is 0 Å². The van der Waals surface area contributed by atoms with Gasteiger partial charge in [0.2, 0.25) is 0 Å². The highest BCUT2D eigenvalue weighted by Crippen LogP contribution is 2.40. The molecule has 0 radical (unpaired) electrons. The molecule has 2 N–H and O–H groups in total. The largest absolute Gasteiger partial charge is 0.507 e. The molecule has 0 bridgehead atoms. The second kappa shape index (κ2) is 11.6. The Hall–Kier alpha value is -2.74. The van der Waals surface area contributed by atoms with Crippen LogP contribution in [-0.4, -0.2) is 30.8 Å². The van der Waals surface area contributed by atoms with Gasteiger partial charge in [0.05, 0.1) is 27.2 Å². The molecule has 3 rings (SSSR count). The third-order valence-corrected chi connectivity index (χ3v) is 6.69. The first-order chi connectivity index (χ1) is 16.2. The fraction of sp³-hybridized carbons (Fsp3) is 0.167. The first-order valence-electron chi connectivity index (χ1n) is 10.0. The number of benzene rings is 3. The summed E-state index contributed by atoms with van der Waals surface area (Å²) >= 11 is 6.94. The van der Waals surface area contributed by atoms with Crippen LogP contribution in [0.5, 0.6) is 17.2 Å². The number of rotatable bonds is 8. The van der Waals surface area contributed by atoms with Crippen molar-refractivity contribution in [3.63, 3.8) is 0 Å². The monoisotopic (exact) mass is 608 g/mol. The summed E-state index contributed by atoms with van der Waals surface area (Å²) in [5.41, 5.74) is 2.00. The number of phenols is 1. The second-order valence-corrected chi connectivity index (χ2v) is 10.6. The van der Waals surface area contributed by atoms with Crippen LogP contribution in [0.1, 0.15) is 31.8 Å². The standard InChI is InChI=1S/C24H20Br2NO6P/c1-32-24(30)16-5-3-4-14(8-16)12-27-23(29)18-11-17(6-7-21(18)28)33-22-19(25)9-15(10-20(22)26)13-34(2)31/h3-11H,12-13H2,1-2H3,(H-,27,28,29)/p+1. The third kappa shape index (κ3) is 6.65. The number of ether oxygens (including phenoxy) is 2. The number of hydrogen-bond donors (Lipinski definition) is 2. The molecule has 0 heterocycles. The molecule has 0 aliphatic heterocycles. The fourth-order valence-corrected chi connectivity index (χ4v) is 5.28. The Morgan fingerprint density at radius 2 is 1.74 bits per heavy atom. The van der Waals surface area contributed by atoms with Gasteiger partial charge in [-0.2, -0.15) is 0 Å². The molecule has 176 valence electrons. The molecule has 0 spiro atoms. The van der Waals surface area contributed by atoms with Crippen molar-refractivity contribution in [2.45, 2.75) is 12.7 Å². The van der Waals surface area contributed by atoms with Crippen molar-refractivity contribution < 1.29 is 28.7 Å². The Kier molecular flexibility index (Phi) is 8.83. The van der Waals surface area contributed by atoms with E-state index in [-0.39, 0.29) is 17.9 Å². The Labute approximate surface area is 214 Å². The van der Waals surface area contributed by atoms with Gasteiger partial charge in [-0.05, 0) is 79.9 Å². The lowest BCUT2D eigenvalue weighted by atomic mass is 10.1. The van der Waals surface area contributed by atoms with Gasteiger partial charge < -0.3 is 19.9 Å². The van der Waals surface area contributed by atoms with Crippen LogP contribution in [0.25, 0.3) is 0 Å². The molecule has 0 saturated heterocycles. The molecule has 7 nitrogen and oxygen atoms in total. The Bertz CT molecular complexity index is 1240. The normalized spacial score (nSPS) is 11.0. The summed E-state index contributed by atoms with van der Waals surface area (Å²) in [5, 5.41) is 12.9. The second-order valence-electron chi connectivity index (χ2n) is 7.33. The third-order valence-electron chi connectivity index (χ3n) is 4.70. The quantitative estimate of drug-likeness (QED) is 0.227. The molecule has 3 aromatic carbocycles. The van der Waals surface area contributed by atoms with Crippen molar-refractivity contribution in [1.82, 2.24) is 5.32 Å². The minimum absolute atomic E-state index is 0.0356. The molecule has 0 fully saturated rings. The van der Waals surface area contributed by atoms with Gasteiger partial charge in [0.15, 0.2) is 11.9 Å². The van der Waals surface area contributed by atoms with Gasteiger partial charge >= 0.3 is 13.8 Å². The first-order valence-corrected chi connectivity index (χ1v) is 13.5. The molecule has 3 aromatic rings. The highest BCUT2D eigenvalue weighted by Gasteiger charge is 2.17. The average Bonchev–Trinajstić information content (AvgIpc) is 2.80. The topological polar surface area (TPSA) is 102 Å². The van der Waals surface area contributed by atoms with Crippen molar-refractivity contribution >= 4 is 51.5 Å². The maximum Gasteiger partial charge on any atom is 0.340 e. The minimum atomic E-state index is -1.33. The Balaban J connectivity index is 1.76. The Morgan fingerprint density at radius 3 is 2.38 bits per heavy atom. The summed E-state index contributed by atoms with van der Waals surface area (Å²) < 4.78 is 23.5. The molecule has 0 saturated carbocycles. The van der Waals surface area contributed by atoms with E-state index in [9.17, 15) is 19.3 Å². The van der Waals surface area contributed by atoms with Gasteiger partial charge in [-0.25, -0.2) is 4.79 Å². The van der Waals surface area contributed by atoms with E-state index in [1.165, 1.54) is 19.2 Å². The van der Waals surface area contributed by atoms with Gasteiger partial charge in [-0.3, -0.25) is 4.79 Å². The molecular weight excluding hydrogens is 589 g/mol. The maximum atomic E-state index is 12.7. The van der Waals surface area contributed by atoms with Crippen LogP contribution in [0.4, 0.5) is 0 Å². The number of carbonyl (C=O) groups is 2. The zero-order chi connectivity index (χ0) is 24.8. The number of carbonyl (C=O) groups excluding carboxylic acids is 2. The van der Waals surface area contributed by atoms with Gasteiger partial charge in [0.1, 0.15) is 18.2 Å². The highest BCUT2D eigenvalue weighted by molar-refractivity contribution is 9.11. The summed E-state index contributed by atoms with van der Waals surface area (Å²) in [6.45, 7) is 1.81.